The molecule has 17 heavy (non-hydrogen) atoms. The zero-order valence-corrected chi connectivity index (χ0v) is 10.6. The summed E-state index contributed by atoms with van der Waals surface area (Å²) in [6.07, 6.45) is 0.771. The van der Waals surface area contributed by atoms with Crippen molar-refractivity contribution in [2.45, 2.75) is 17.7 Å². The minimum atomic E-state index is -3.84. The predicted molar refractivity (Wildman–Crippen MR) is 66.4 cm³/mol. The normalized spacial score (nSPS) is 11.2. The van der Waals surface area contributed by atoms with E-state index in [-0.39, 0.29) is 22.9 Å². The topological polar surface area (TPSA) is 89.3 Å². The Kier molecular flexibility index (Phi) is 4.92. The van der Waals surface area contributed by atoms with Gasteiger partial charge in [-0.1, -0.05) is 12.1 Å². The van der Waals surface area contributed by atoms with Crippen LogP contribution in [0.25, 0.3) is 0 Å². The summed E-state index contributed by atoms with van der Waals surface area (Å²) in [5.41, 5.74) is 0.189. The minimum absolute atomic E-state index is 0.0979. The molecule has 0 bridgehead atoms. The molecule has 0 radical (unpaired) electrons. The van der Waals surface area contributed by atoms with E-state index >= 15 is 0 Å². The maximum atomic E-state index is 11.4. The van der Waals surface area contributed by atoms with E-state index in [1.165, 1.54) is 18.2 Å². The van der Waals surface area contributed by atoms with Crippen LogP contribution in [0.1, 0.15) is 12.8 Å². The van der Waals surface area contributed by atoms with Crippen molar-refractivity contribution in [1.82, 2.24) is 0 Å². The first-order valence-electron chi connectivity index (χ1n) is 4.93. The molecule has 7 heteroatoms. The Labute approximate surface area is 105 Å². The van der Waals surface area contributed by atoms with Crippen molar-refractivity contribution < 1.29 is 13.2 Å². The van der Waals surface area contributed by atoms with E-state index in [9.17, 15) is 13.2 Å². The molecule has 1 rings (SSSR count). The van der Waals surface area contributed by atoms with E-state index in [0.29, 0.717) is 12.3 Å². The number of sulfonamides is 1. The zero-order valence-electron chi connectivity index (χ0n) is 9.02. The molecule has 0 aromatic heterocycles. The molecule has 5 nitrogen and oxygen atoms in total. The van der Waals surface area contributed by atoms with Crippen LogP contribution in [0.15, 0.2) is 29.2 Å². The van der Waals surface area contributed by atoms with Crippen LogP contribution >= 0.6 is 11.6 Å². The molecular weight excluding hydrogens is 264 g/mol. The van der Waals surface area contributed by atoms with Crippen molar-refractivity contribution in [2.24, 2.45) is 5.14 Å². The van der Waals surface area contributed by atoms with E-state index in [1.807, 2.05) is 0 Å². The number of halogens is 1. The van der Waals surface area contributed by atoms with Gasteiger partial charge in [0.15, 0.2) is 0 Å². The lowest BCUT2D eigenvalue weighted by atomic mass is 10.3. The minimum Gasteiger partial charge on any atom is -0.325 e. The molecule has 0 unspecified atom stereocenters. The lowest BCUT2D eigenvalue weighted by molar-refractivity contribution is -0.116. The molecule has 0 saturated heterocycles. The summed E-state index contributed by atoms with van der Waals surface area (Å²) >= 11 is 5.46. The van der Waals surface area contributed by atoms with Crippen molar-refractivity contribution in [1.29, 1.82) is 0 Å². The number of para-hydroxylation sites is 1. The van der Waals surface area contributed by atoms with E-state index < -0.39 is 10.0 Å². The third-order valence-electron chi connectivity index (χ3n) is 2.01. The molecular formula is C10H13ClN2O3S. The smallest absolute Gasteiger partial charge is 0.240 e. The molecule has 1 aromatic rings. The Bertz CT molecular complexity index is 502. The number of amides is 1. The second-order valence-corrected chi connectivity index (χ2v) is 5.29. The van der Waals surface area contributed by atoms with Gasteiger partial charge < -0.3 is 5.32 Å². The summed E-state index contributed by atoms with van der Waals surface area (Å²) in [5, 5.41) is 7.53. The number of benzene rings is 1. The molecule has 0 aliphatic carbocycles. The first-order valence-corrected chi connectivity index (χ1v) is 7.01. The number of rotatable bonds is 5. The van der Waals surface area contributed by atoms with Crippen LogP contribution in [-0.4, -0.2) is 20.2 Å². The summed E-state index contributed by atoms with van der Waals surface area (Å²) in [4.78, 5) is 11.3. The number of nitrogens with two attached hydrogens (primary N) is 1. The number of alkyl halides is 1. The highest BCUT2D eigenvalue weighted by Crippen LogP contribution is 2.19. The van der Waals surface area contributed by atoms with Gasteiger partial charge in [0.25, 0.3) is 0 Å². The number of primary sulfonamides is 1. The van der Waals surface area contributed by atoms with Gasteiger partial charge in [-0.15, -0.1) is 11.6 Å². The van der Waals surface area contributed by atoms with Gasteiger partial charge in [0.05, 0.1) is 5.69 Å². The SMILES string of the molecule is NS(=O)(=O)c1ccccc1NC(=O)CCCCl. The first-order chi connectivity index (χ1) is 7.95. The van der Waals surface area contributed by atoms with Gasteiger partial charge in [0.2, 0.25) is 15.9 Å². The molecule has 1 aromatic carbocycles. The largest absolute Gasteiger partial charge is 0.325 e. The van der Waals surface area contributed by atoms with Gasteiger partial charge in [-0.2, -0.15) is 0 Å². The Morgan fingerprint density at radius 2 is 2.00 bits per heavy atom. The maximum Gasteiger partial charge on any atom is 0.240 e. The van der Waals surface area contributed by atoms with Gasteiger partial charge in [-0.25, -0.2) is 13.6 Å². The van der Waals surface area contributed by atoms with Crippen LogP contribution in [0.4, 0.5) is 5.69 Å². The summed E-state index contributed by atoms with van der Waals surface area (Å²) in [6.45, 7) is 0. The number of anilines is 1. The van der Waals surface area contributed by atoms with Gasteiger partial charge in [0, 0.05) is 12.3 Å². The van der Waals surface area contributed by atoms with Crippen molar-refractivity contribution in [3.63, 3.8) is 0 Å². The van der Waals surface area contributed by atoms with Gasteiger partial charge in [0.1, 0.15) is 4.90 Å². The standard InChI is InChI=1S/C10H13ClN2O3S/c11-7-3-6-10(14)13-8-4-1-2-5-9(8)17(12,15)16/h1-2,4-5H,3,6-7H2,(H,13,14)(H2,12,15,16). The summed E-state index contributed by atoms with van der Waals surface area (Å²) < 4.78 is 22.5. The predicted octanol–water partition coefficient (Wildman–Crippen LogP) is 1.29. The molecule has 0 saturated carbocycles. The number of hydrogen-bond donors (Lipinski definition) is 2. The van der Waals surface area contributed by atoms with E-state index in [4.69, 9.17) is 16.7 Å². The van der Waals surface area contributed by atoms with Crippen LogP contribution in [-0.2, 0) is 14.8 Å². The Morgan fingerprint density at radius 3 is 2.59 bits per heavy atom. The third-order valence-corrected chi connectivity index (χ3v) is 3.24. The van der Waals surface area contributed by atoms with Crippen molar-refractivity contribution in [3.05, 3.63) is 24.3 Å². The molecule has 1 amide bonds. The fourth-order valence-electron chi connectivity index (χ4n) is 1.26. The van der Waals surface area contributed by atoms with E-state index in [0.717, 1.165) is 0 Å². The van der Waals surface area contributed by atoms with Gasteiger partial charge >= 0.3 is 0 Å². The molecule has 3 N–H and O–H groups in total. The summed E-state index contributed by atoms with van der Waals surface area (Å²) in [6, 6.07) is 5.98. The molecule has 0 heterocycles. The highest BCUT2D eigenvalue weighted by molar-refractivity contribution is 7.89. The first kappa shape index (κ1) is 14.0. The summed E-state index contributed by atoms with van der Waals surface area (Å²) in [5.74, 6) is 0.0892. The number of carbonyl (C=O) groups is 1. The van der Waals surface area contributed by atoms with Gasteiger partial charge in [-0.05, 0) is 18.6 Å². The van der Waals surface area contributed by atoms with Crippen molar-refractivity contribution in [2.75, 3.05) is 11.2 Å². The van der Waals surface area contributed by atoms with Gasteiger partial charge in [-0.3, -0.25) is 4.79 Å². The molecule has 0 aliphatic heterocycles. The van der Waals surface area contributed by atoms with Crippen LogP contribution in [0.2, 0.25) is 0 Å². The van der Waals surface area contributed by atoms with Crippen LogP contribution < -0.4 is 10.5 Å². The van der Waals surface area contributed by atoms with Crippen LogP contribution in [0.3, 0.4) is 0 Å². The van der Waals surface area contributed by atoms with E-state index in [1.54, 1.807) is 6.07 Å². The van der Waals surface area contributed by atoms with E-state index in [2.05, 4.69) is 5.32 Å². The lowest BCUT2D eigenvalue weighted by Crippen LogP contribution is -2.18. The highest BCUT2D eigenvalue weighted by Gasteiger charge is 2.14. The molecule has 94 valence electrons. The quantitative estimate of drug-likeness (QED) is 0.794. The second-order valence-electron chi connectivity index (χ2n) is 3.38. The fourth-order valence-corrected chi connectivity index (χ4v) is 2.09. The number of hydrogen-bond acceptors (Lipinski definition) is 3. The average molecular weight is 277 g/mol. The average Bonchev–Trinajstić information content (AvgIpc) is 2.25. The Balaban J connectivity index is 2.88. The summed E-state index contributed by atoms with van der Waals surface area (Å²) in [7, 11) is -3.84. The molecule has 0 aliphatic rings. The highest BCUT2D eigenvalue weighted by atomic mass is 35.5. The maximum absolute atomic E-state index is 11.4. The molecule has 0 fully saturated rings. The molecule has 0 spiro atoms. The molecule has 0 atom stereocenters. The Morgan fingerprint density at radius 1 is 1.35 bits per heavy atom. The zero-order chi connectivity index (χ0) is 12.9. The van der Waals surface area contributed by atoms with Crippen molar-refractivity contribution >= 4 is 33.2 Å². The lowest BCUT2D eigenvalue weighted by Gasteiger charge is -2.08. The second kappa shape index (κ2) is 6.00. The van der Waals surface area contributed by atoms with Crippen LogP contribution in [0.5, 0.6) is 0 Å². The number of nitrogens with one attached hydrogen (secondary N) is 1. The third kappa shape index (κ3) is 4.33. The Hall–Kier alpha value is -1.11. The van der Waals surface area contributed by atoms with Crippen LogP contribution in [0, 0.1) is 0 Å². The monoisotopic (exact) mass is 276 g/mol. The fraction of sp³-hybridized carbons (Fsp3) is 0.300. The van der Waals surface area contributed by atoms with Crippen molar-refractivity contribution in [3.8, 4) is 0 Å². The number of carbonyl (C=O) groups excluding carboxylic acids is 1.